The normalized spacial score (nSPS) is 10.4. The first-order valence-corrected chi connectivity index (χ1v) is 7.94. The van der Waals surface area contributed by atoms with Crippen LogP contribution < -0.4 is 5.32 Å². The van der Waals surface area contributed by atoms with Gasteiger partial charge in [0.25, 0.3) is 5.91 Å². The lowest BCUT2D eigenvalue weighted by molar-refractivity contribution is 0.102. The number of phenolic OH excluding ortho intramolecular Hbond substituents is 1. The smallest absolute Gasteiger partial charge is 0.258 e. The van der Waals surface area contributed by atoms with Crippen LogP contribution in [0, 0.1) is 0 Å². The number of carbonyl (C=O) groups is 1. The number of hydrogen-bond donors (Lipinski definition) is 2. The van der Waals surface area contributed by atoms with Crippen molar-refractivity contribution in [3.8, 4) is 17.1 Å². The minimum absolute atomic E-state index is 0.105. The van der Waals surface area contributed by atoms with E-state index in [2.05, 4.69) is 36.2 Å². The lowest BCUT2D eigenvalue weighted by Crippen LogP contribution is -2.13. The van der Waals surface area contributed by atoms with Gasteiger partial charge in [-0.1, -0.05) is 23.7 Å². The highest BCUT2D eigenvalue weighted by Crippen LogP contribution is 2.21. The third kappa shape index (κ3) is 3.69. The summed E-state index contributed by atoms with van der Waals surface area (Å²) in [6.45, 7) is 0. The molecule has 0 aliphatic rings. The van der Waals surface area contributed by atoms with Crippen LogP contribution in [0.2, 0.25) is 5.15 Å². The van der Waals surface area contributed by atoms with Gasteiger partial charge in [-0.2, -0.15) is 0 Å². The van der Waals surface area contributed by atoms with E-state index in [1.807, 2.05) is 0 Å². The number of rotatable bonds is 3. The van der Waals surface area contributed by atoms with Crippen LogP contribution in [0.3, 0.4) is 0 Å². The molecule has 0 radical (unpaired) electrons. The molecule has 0 aliphatic heterocycles. The van der Waals surface area contributed by atoms with Crippen molar-refractivity contribution in [1.82, 2.24) is 15.0 Å². The van der Waals surface area contributed by atoms with Gasteiger partial charge in [-0.25, -0.2) is 15.0 Å². The van der Waals surface area contributed by atoms with Gasteiger partial charge in [-0.3, -0.25) is 4.79 Å². The van der Waals surface area contributed by atoms with Gasteiger partial charge in [-0.05, 0) is 34.1 Å². The number of halogens is 2. The Morgan fingerprint density at radius 1 is 1.12 bits per heavy atom. The number of benzene rings is 1. The number of pyridine rings is 1. The molecule has 0 aliphatic carbocycles. The van der Waals surface area contributed by atoms with Gasteiger partial charge in [0, 0.05) is 16.2 Å². The van der Waals surface area contributed by atoms with Crippen LogP contribution in [0.4, 0.5) is 5.69 Å². The number of anilines is 1. The van der Waals surface area contributed by atoms with Crippen LogP contribution in [-0.2, 0) is 0 Å². The highest BCUT2D eigenvalue weighted by atomic mass is 79.9. The summed E-state index contributed by atoms with van der Waals surface area (Å²) in [5.74, 6) is 0.152. The zero-order valence-corrected chi connectivity index (χ0v) is 14.4. The first-order chi connectivity index (χ1) is 11.5. The Kier molecular flexibility index (Phi) is 4.73. The van der Waals surface area contributed by atoms with E-state index in [9.17, 15) is 9.90 Å². The Morgan fingerprint density at radius 2 is 1.88 bits per heavy atom. The maximum atomic E-state index is 12.2. The lowest BCUT2D eigenvalue weighted by atomic mass is 10.2. The largest absolute Gasteiger partial charge is 0.508 e. The Bertz CT molecular complexity index is 903. The van der Waals surface area contributed by atoms with Crippen molar-refractivity contribution >= 4 is 39.1 Å². The maximum Gasteiger partial charge on any atom is 0.258 e. The fourth-order valence-corrected chi connectivity index (χ4v) is 2.49. The molecular weight excluding hydrogens is 396 g/mol. The summed E-state index contributed by atoms with van der Waals surface area (Å²) in [6.07, 6.45) is 4.46. The van der Waals surface area contributed by atoms with E-state index in [1.54, 1.807) is 30.3 Å². The number of nitrogens with zero attached hydrogens (tertiary/aromatic N) is 3. The summed E-state index contributed by atoms with van der Waals surface area (Å²) in [6, 6.07) is 8.17. The zero-order valence-electron chi connectivity index (χ0n) is 12.1. The molecule has 2 aromatic heterocycles. The molecule has 2 N–H and O–H groups in total. The zero-order chi connectivity index (χ0) is 17.1. The van der Waals surface area contributed by atoms with E-state index in [0.717, 1.165) is 0 Å². The Morgan fingerprint density at radius 3 is 2.58 bits per heavy atom. The van der Waals surface area contributed by atoms with Crippen LogP contribution in [-0.4, -0.2) is 26.0 Å². The van der Waals surface area contributed by atoms with Gasteiger partial charge >= 0.3 is 0 Å². The third-order valence-corrected chi connectivity index (χ3v) is 3.80. The summed E-state index contributed by atoms with van der Waals surface area (Å²) in [4.78, 5) is 24.5. The molecule has 0 saturated carbocycles. The first kappa shape index (κ1) is 16.4. The number of hydrogen-bond acceptors (Lipinski definition) is 5. The van der Waals surface area contributed by atoms with Crippen LogP contribution in [0.25, 0.3) is 11.4 Å². The number of aromatic nitrogens is 3. The van der Waals surface area contributed by atoms with E-state index >= 15 is 0 Å². The SMILES string of the molecule is O=C(Nc1cnc(-c2cccc(O)c2)nc1)c1cc(Br)cnc1Cl. The van der Waals surface area contributed by atoms with E-state index in [0.29, 0.717) is 21.5 Å². The predicted octanol–water partition coefficient (Wildman–Crippen LogP) is 3.91. The molecule has 0 unspecified atom stereocenters. The van der Waals surface area contributed by atoms with Crippen molar-refractivity contribution in [2.45, 2.75) is 0 Å². The Labute approximate surface area is 150 Å². The maximum absolute atomic E-state index is 12.2. The first-order valence-electron chi connectivity index (χ1n) is 6.77. The van der Waals surface area contributed by atoms with E-state index in [1.165, 1.54) is 18.6 Å². The Balaban J connectivity index is 1.79. The van der Waals surface area contributed by atoms with Crippen LogP contribution >= 0.6 is 27.5 Å². The monoisotopic (exact) mass is 404 g/mol. The highest BCUT2D eigenvalue weighted by molar-refractivity contribution is 9.10. The van der Waals surface area contributed by atoms with Crippen molar-refractivity contribution in [3.05, 3.63) is 64.1 Å². The molecule has 0 saturated heterocycles. The average molecular weight is 406 g/mol. The van der Waals surface area contributed by atoms with Gasteiger partial charge in [-0.15, -0.1) is 0 Å². The van der Waals surface area contributed by atoms with E-state index in [4.69, 9.17) is 11.6 Å². The average Bonchev–Trinajstić information content (AvgIpc) is 2.57. The molecule has 0 atom stereocenters. The standard InChI is InChI=1S/C16H10BrClN4O2/c17-10-5-13(14(18)19-6-10)16(24)22-11-7-20-15(21-8-11)9-2-1-3-12(23)4-9/h1-8,23H,(H,22,24). The fourth-order valence-electron chi connectivity index (χ4n) is 1.97. The van der Waals surface area contributed by atoms with Crippen LogP contribution in [0.5, 0.6) is 5.75 Å². The van der Waals surface area contributed by atoms with Crippen molar-refractivity contribution in [1.29, 1.82) is 0 Å². The summed E-state index contributed by atoms with van der Waals surface area (Å²) in [7, 11) is 0. The summed E-state index contributed by atoms with van der Waals surface area (Å²) in [5, 5.41) is 12.2. The number of amides is 1. The third-order valence-electron chi connectivity index (χ3n) is 3.06. The fraction of sp³-hybridized carbons (Fsp3) is 0. The van der Waals surface area contributed by atoms with Crippen LogP contribution in [0.15, 0.2) is 53.4 Å². The quantitative estimate of drug-likeness (QED) is 0.645. The number of carbonyl (C=O) groups excluding carboxylic acids is 1. The molecule has 24 heavy (non-hydrogen) atoms. The molecule has 3 rings (SSSR count). The lowest BCUT2D eigenvalue weighted by Gasteiger charge is -2.07. The molecule has 1 aromatic carbocycles. The number of nitrogens with one attached hydrogen (secondary N) is 1. The van der Waals surface area contributed by atoms with Crippen LogP contribution in [0.1, 0.15) is 10.4 Å². The van der Waals surface area contributed by atoms with Crippen molar-refractivity contribution < 1.29 is 9.90 Å². The molecule has 8 heteroatoms. The molecule has 2 heterocycles. The van der Waals surface area contributed by atoms with Crippen molar-refractivity contribution in [3.63, 3.8) is 0 Å². The van der Waals surface area contributed by atoms with Gasteiger partial charge in [0.1, 0.15) is 10.9 Å². The van der Waals surface area contributed by atoms with Crippen molar-refractivity contribution in [2.75, 3.05) is 5.32 Å². The summed E-state index contributed by atoms with van der Waals surface area (Å²) >= 11 is 9.17. The number of phenols is 1. The molecule has 0 bridgehead atoms. The van der Waals surface area contributed by atoms with Gasteiger partial charge in [0.15, 0.2) is 5.82 Å². The molecule has 3 aromatic rings. The molecule has 120 valence electrons. The second-order valence-electron chi connectivity index (χ2n) is 4.79. The minimum atomic E-state index is -0.414. The molecular formula is C16H10BrClN4O2. The second-order valence-corrected chi connectivity index (χ2v) is 6.07. The van der Waals surface area contributed by atoms with E-state index in [-0.39, 0.29) is 16.5 Å². The Hall–Kier alpha value is -2.51. The minimum Gasteiger partial charge on any atom is -0.508 e. The highest BCUT2D eigenvalue weighted by Gasteiger charge is 2.13. The molecule has 0 spiro atoms. The predicted molar refractivity (Wildman–Crippen MR) is 94.0 cm³/mol. The number of aromatic hydroxyl groups is 1. The molecule has 0 fully saturated rings. The second kappa shape index (κ2) is 6.94. The molecule has 6 nitrogen and oxygen atoms in total. The van der Waals surface area contributed by atoms with Gasteiger partial charge in [0.2, 0.25) is 0 Å². The summed E-state index contributed by atoms with van der Waals surface area (Å²) in [5.41, 5.74) is 1.33. The van der Waals surface area contributed by atoms with Gasteiger partial charge in [0.05, 0.1) is 23.6 Å². The molecule has 1 amide bonds. The van der Waals surface area contributed by atoms with E-state index < -0.39 is 5.91 Å². The van der Waals surface area contributed by atoms with Gasteiger partial charge < -0.3 is 10.4 Å². The van der Waals surface area contributed by atoms with Crippen molar-refractivity contribution in [2.24, 2.45) is 0 Å². The topological polar surface area (TPSA) is 88.0 Å². The summed E-state index contributed by atoms with van der Waals surface area (Å²) < 4.78 is 0.646.